The third-order valence-electron chi connectivity index (χ3n) is 2.49. The highest BCUT2D eigenvalue weighted by Gasteiger charge is 2.32. The van der Waals surface area contributed by atoms with Gasteiger partial charge < -0.3 is 9.47 Å². The van der Waals surface area contributed by atoms with Gasteiger partial charge in [0.15, 0.2) is 17.3 Å². The van der Waals surface area contributed by atoms with Crippen molar-refractivity contribution in [1.82, 2.24) is 0 Å². The lowest BCUT2D eigenvalue weighted by Gasteiger charge is -2.10. The fourth-order valence-electron chi connectivity index (χ4n) is 1.52. The summed E-state index contributed by atoms with van der Waals surface area (Å²) in [5.41, 5.74) is -0.0908. The van der Waals surface area contributed by atoms with E-state index in [1.54, 1.807) is 0 Å². The Morgan fingerprint density at radius 1 is 1.19 bits per heavy atom. The SMILES string of the molecule is COC(=O)CCCC(=O)c1ccc(OC(F)(F)F)c(F)c1. The number of hydrogen-bond acceptors (Lipinski definition) is 4. The van der Waals surface area contributed by atoms with E-state index in [1.165, 1.54) is 7.11 Å². The van der Waals surface area contributed by atoms with Gasteiger partial charge in [0.1, 0.15) is 0 Å². The predicted octanol–water partition coefficient (Wildman–Crippen LogP) is 3.25. The van der Waals surface area contributed by atoms with Crippen LogP contribution in [0.5, 0.6) is 5.75 Å². The van der Waals surface area contributed by atoms with Gasteiger partial charge in [-0.05, 0) is 24.6 Å². The maximum Gasteiger partial charge on any atom is 0.573 e. The average molecular weight is 308 g/mol. The summed E-state index contributed by atoms with van der Waals surface area (Å²) >= 11 is 0. The first kappa shape index (κ1) is 16.9. The molecular weight excluding hydrogens is 296 g/mol. The number of esters is 1. The third-order valence-corrected chi connectivity index (χ3v) is 2.49. The van der Waals surface area contributed by atoms with Gasteiger partial charge in [-0.2, -0.15) is 0 Å². The Bertz CT molecular complexity index is 525. The van der Waals surface area contributed by atoms with Crippen molar-refractivity contribution in [3.63, 3.8) is 0 Å². The molecule has 1 aromatic rings. The van der Waals surface area contributed by atoms with Crippen LogP contribution in [0.4, 0.5) is 17.6 Å². The van der Waals surface area contributed by atoms with Crippen LogP contribution in [-0.4, -0.2) is 25.2 Å². The first-order chi connectivity index (χ1) is 9.73. The van der Waals surface area contributed by atoms with Crippen LogP contribution in [0.15, 0.2) is 18.2 Å². The van der Waals surface area contributed by atoms with Gasteiger partial charge in [0, 0.05) is 18.4 Å². The zero-order valence-electron chi connectivity index (χ0n) is 11.0. The zero-order valence-corrected chi connectivity index (χ0v) is 11.0. The molecule has 0 aliphatic heterocycles. The third kappa shape index (κ3) is 5.80. The van der Waals surface area contributed by atoms with Crippen LogP contribution >= 0.6 is 0 Å². The van der Waals surface area contributed by atoms with E-state index in [4.69, 9.17) is 0 Å². The molecule has 0 radical (unpaired) electrons. The molecule has 0 aromatic heterocycles. The van der Waals surface area contributed by atoms with Gasteiger partial charge in [-0.25, -0.2) is 4.39 Å². The number of ether oxygens (including phenoxy) is 2. The van der Waals surface area contributed by atoms with E-state index in [9.17, 15) is 27.2 Å². The molecular formula is C13H12F4O4. The molecule has 1 aromatic carbocycles. The van der Waals surface area contributed by atoms with E-state index in [2.05, 4.69) is 9.47 Å². The molecule has 0 fully saturated rings. The molecule has 0 saturated heterocycles. The minimum atomic E-state index is -5.01. The van der Waals surface area contributed by atoms with Crippen molar-refractivity contribution in [2.24, 2.45) is 0 Å². The lowest BCUT2D eigenvalue weighted by Crippen LogP contribution is -2.18. The molecule has 0 atom stereocenters. The molecule has 1 rings (SSSR count). The smallest absolute Gasteiger partial charge is 0.469 e. The van der Waals surface area contributed by atoms with Crippen molar-refractivity contribution in [1.29, 1.82) is 0 Å². The second kappa shape index (κ2) is 7.05. The van der Waals surface area contributed by atoms with Crippen LogP contribution < -0.4 is 4.74 Å². The summed E-state index contributed by atoms with van der Waals surface area (Å²) in [6, 6.07) is 2.43. The van der Waals surface area contributed by atoms with Crippen LogP contribution in [0.25, 0.3) is 0 Å². The Balaban J connectivity index is 2.66. The second-order valence-corrected chi connectivity index (χ2v) is 4.05. The fourth-order valence-corrected chi connectivity index (χ4v) is 1.52. The van der Waals surface area contributed by atoms with Gasteiger partial charge in [0.25, 0.3) is 0 Å². The Hall–Kier alpha value is -2.12. The highest BCUT2D eigenvalue weighted by Crippen LogP contribution is 2.26. The number of benzene rings is 1. The van der Waals surface area contributed by atoms with Crippen LogP contribution in [-0.2, 0) is 9.53 Å². The molecule has 21 heavy (non-hydrogen) atoms. The minimum absolute atomic E-state index is 0.0278. The lowest BCUT2D eigenvalue weighted by atomic mass is 10.1. The first-order valence-electron chi connectivity index (χ1n) is 5.88. The normalized spacial score (nSPS) is 11.1. The van der Waals surface area contributed by atoms with Gasteiger partial charge >= 0.3 is 12.3 Å². The molecule has 0 spiro atoms. The minimum Gasteiger partial charge on any atom is -0.469 e. The largest absolute Gasteiger partial charge is 0.573 e. The van der Waals surface area contributed by atoms with E-state index in [0.29, 0.717) is 6.07 Å². The second-order valence-electron chi connectivity index (χ2n) is 4.05. The molecule has 0 N–H and O–H groups in total. The maximum absolute atomic E-state index is 13.4. The van der Waals surface area contributed by atoms with E-state index in [-0.39, 0.29) is 24.8 Å². The number of carbonyl (C=O) groups is 2. The number of carbonyl (C=O) groups excluding carboxylic acids is 2. The molecule has 4 nitrogen and oxygen atoms in total. The summed E-state index contributed by atoms with van der Waals surface area (Å²) in [5.74, 6) is -3.26. The van der Waals surface area contributed by atoms with Crippen LogP contribution in [0.2, 0.25) is 0 Å². The van der Waals surface area contributed by atoms with Crippen molar-refractivity contribution >= 4 is 11.8 Å². The summed E-state index contributed by atoms with van der Waals surface area (Å²) in [7, 11) is 1.21. The maximum atomic E-state index is 13.4. The van der Waals surface area contributed by atoms with Gasteiger partial charge in [0.05, 0.1) is 7.11 Å². The Labute approximate surface area is 117 Å². The lowest BCUT2D eigenvalue weighted by molar-refractivity contribution is -0.275. The highest BCUT2D eigenvalue weighted by molar-refractivity contribution is 5.96. The van der Waals surface area contributed by atoms with Gasteiger partial charge in [-0.3, -0.25) is 9.59 Å². The van der Waals surface area contributed by atoms with Crippen molar-refractivity contribution in [3.8, 4) is 5.75 Å². The molecule has 0 amide bonds. The molecule has 0 heterocycles. The molecule has 0 aliphatic carbocycles. The van der Waals surface area contributed by atoms with E-state index in [1.807, 2.05) is 0 Å². The number of rotatable bonds is 6. The summed E-state index contributed by atoms with van der Waals surface area (Å²) in [5, 5.41) is 0. The van der Waals surface area contributed by atoms with E-state index < -0.39 is 29.7 Å². The summed E-state index contributed by atoms with van der Waals surface area (Å²) in [6.07, 6.45) is -4.82. The van der Waals surface area contributed by atoms with E-state index in [0.717, 1.165) is 12.1 Å². The average Bonchev–Trinajstić information content (AvgIpc) is 2.39. The molecule has 8 heteroatoms. The van der Waals surface area contributed by atoms with Gasteiger partial charge in [-0.1, -0.05) is 0 Å². The summed E-state index contributed by atoms with van der Waals surface area (Å²) in [4.78, 5) is 22.5. The fraction of sp³-hybridized carbons (Fsp3) is 0.385. The van der Waals surface area contributed by atoms with Crippen LogP contribution in [0, 0.1) is 5.82 Å². The Morgan fingerprint density at radius 2 is 1.86 bits per heavy atom. The Morgan fingerprint density at radius 3 is 2.38 bits per heavy atom. The summed E-state index contributed by atoms with van der Waals surface area (Å²) < 4.78 is 57.1. The number of ketones is 1. The van der Waals surface area contributed by atoms with Crippen molar-refractivity contribution in [2.45, 2.75) is 25.6 Å². The van der Waals surface area contributed by atoms with E-state index >= 15 is 0 Å². The van der Waals surface area contributed by atoms with Crippen LogP contribution in [0.1, 0.15) is 29.6 Å². The van der Waals surface area contributed by atoms with Gasteiger partial charge in [-0.15, -0.1) is 13.2 Å². The number of hydrogen-bond donors (Lipinski definition) is 0. The number of halogens is 4. The summed E-state index contributed by atoms with van der Waals surface area (Å²) in [6.45, 7) is 0. The van der Waals surface area contributed by atoms with Crippen LogP contribution in [0.3, 0.4) is 0 Å². The standard InChI is InChI=1S/C13H12F4O4/c1-20-12(19)4-2-3-10(18)8-5-6-11(9(14)7-8)21-13(15,16)17/h5-7H,2-4H2,1H3. The number of alkyl halides is 3. The Kier molecular flexibility index (Phi) is 5.69. The molecule has 0 unspecified atom stereocenters. The number of Topliss-reactive ketones (excluding diaryl/α,β-unsaturated/α-hetero) is 1. The molecule has 0 bridgehead atoms. The number of methoxy groups -OCH3 is 1. The topological polar surface area (TPSA) is 52.6 Å². The van der Waals surface area contributed by atoms with Crippen molar-refractivity contribution in [2.75, 3.05) is 7.11 Å². The first-order valence-corrected chi connectivity index (χ1v) is 5.88. The molecule has 116 valence electrons. The molecule has 0 aliphatic rings. The predicted molar refractivity (Wildman–Crippen MR) is 63.3 cm³/mol. The zero-order chi connectivity index (χ0) is 16.0. The van der Waals surface area contributed by atoms with Gasteiger partial charge in [0.2, 0.25) is 0 Å². The monoisotopic (exact) mass is 308 g/mol. The van der Waals surface area contributed by atoms with Crippen molar-refractivity contribution in [3.05, 3.63) is 29.6 Å². The molecule has 0 saturated carbocycles. The van der Waals surface area contributed by atoms with Crippen molar-refractivity contribution < 1.29 is 36.6 Å². The highest BCUT2D eigenvalue weighted by atomic mass is 19.4. The quantitative estimate of drug-likeness (QED) is 0.460.